The fourth-order valence-electron chi connectivity index (χ4n) is 3.81. The molecule has 4 rings (SSSR count). The van der Waals surface area contributed by atoms with Crippen molar-refractivity contribution in [3.05, 3.63) is 94.0 Å². The number of benzene rings is 3. The minimum atomic E-state index is -0.873. The summed E-state index contributed by atoms with van der Waals surface area (Å²) in [6, 6.07) is 19.1. The zero-order valence-electron chi connectivity index (χ0n) is 17.0. The van der Waals surface area contributed by atoms with E-state index in [-0.39, 0.29) is 12.3 Å². The van der Waals surface area contributed by atoms with E-state index in [4.69, 9.17) is 9.84 Å². The van der Waals surface area contributed by atoms with Crippen LogP contribution in [0.3, 0.4) is 0 Å². The zero-order chi connectivity index (χ0) is 21.3. The fourth-order valence-corrected chi connectivity index (χ4v) is 3.81. The SMILES string of the molecule is Cc1ccc(N2Cc3c(COc4cc(C)cc(CC(=O)O)c4)cccc3C2=O)cc1. The first-order valence-corrected chi connectivity index (χ1v) is 9.85. The van der Waals surface area contributed by atoms with Crippen molar-refractivity contribution in [2.24, 2.45) is 0 Å². The van der Waals surface area contributed by atoms with Crippen molar-refractivity contribution in [2.45, 2.75) is 33.4 Å². The van der Waals surface area contributed by atoms with Crippen LogP contribution in [0.5, 0.6) is 5.75 Å². The Labute approximate surface area is 175 Å². The molecule has 1 aliphatic rings. The average molecular weight is 401 g/mol. The Morgan fingerprint density at radius 2 is 1.80 bits per heavy atom. The van der Waals surface area contributed by atoms with E-state index >= 15 is 0 Å². The van der Waals surface area contributed by atoms with Gasteiger partial charge in [0.1, 0.15) is 12.4 Å². The average Bonchev–Trinajstić information content (AvgIpc) is 3.03. The Morgan fingerprint density at radius 3 is 2.53 bits per heavy atom. The van der Waals surface area contributed by atoms with Crippen LogP contribution in [0.1, 0.15) is 38.2 Å². The van der Waals surface area contributed by atoms with Crippen LogP contribution in [0.25, 0.3) is 0 Å². The molecule has 1 aliphatic heterocycles. The van der Waals surface area contributed by atoms with Gasteiger partial charge in [-0.05, 0) is 66.4 Å². The van der Waals surface area contributed by atoms with Crippen molar-refractivity contribution >= 4 is 17.6 Å². The van der Waals surface area contributed by atoms with Gasteiger partial charge in [-0.15, -0.1) is 0 Å². The summed E-state index contributed by atoms with van der Waals surface area (Å²) in [4.78, 5) is 25.7. The summed E-state index contributed by atoms with van der Waals surface area (Å²) in [6.07, 6.45) is -0.0429. The Hall–Kier alpha value is -3.60. The third-order valence-electron chi connectivity index (χ3n) is 5.27. The zero-order valence-corrected chi connectivity index (χ0v) is 17.0. The summed E-state index contributed by atoms with van der Waals surface area (Å²) in [5, 5.41) is 9.04. The highest BCUT2D eigenvalue weighted by molar-refractivity contribution is 6.10. The summed E-state index contributed by atoms with van der Waals surface area (Å²) in [7, 11) is 0. The lowest BCUT2D eigenvalue weighted by Crippen LogP contribution is -2.22. The van der Waals surface area contributed by atoms with Crippen LogP contribution in [-0.4, -0.2) is 17.0 Å². The summed E-state index contributed by atoms with van der Waals surface area (Å²) < 4.78 is 5.99. The van der Waals surface area contributed by atoms with E-state index in [9.17, 15) is 9.59 Å². The number of fused-ring (bicyclic) bond motifs is 1. The standard InChI is InChI=1S/C25H23NO4/c1-16-6-8-20(9-7-16)26-14-23-19(4-3-5-22(23)25(26)29)15-30-21-11-17(2)10-18(12-21)13-24(27)28/h3-12H,13-15H2,1-2H3,(H,27,28). The van der Waals surface area contributed by atoms with E-state index in [1.807, 2.05) is 68.4 Å². The molecular formula is C25H23NO4. The van der Waals surface area contributed by atoms with Gasteiger partial charge in [-0.25, -0.2) is 0 Å². The molecule has 5 nitrogen and oxygen atoms in total. The van der Waals surface area contributed by atoms with E-state index in [1.165, 1.54) is 0 Å². The van der Waals surface area contributed by atoms with Crippen molar-refractivity contribution in [2.75, 3.05) is 4.90 Å². The Balaban J connectivity index is 1.55. The number of carbonyl (C=O) groups excluding carboxylic acids is 1. The van der Waals surface area contributed by atoms with E-state index in [0.29, 0.717) is 30.0 Å². The topological polar surface area (TPSA) is 66.8 Å². The van der Waals surface area contributed by atoms with Gasteiger partial charge in [0.25, 0.3) is 5.91 Å². The van der Waals surface area contributed by atoms with Crippen LogP contribution in [0.4, 0.5) is 5.69 Å². The van der Waals surface area contributed by atoms with Crippen molar-refractivity contribution in [3.63, 3.8) is 0 Å². The first kappa shape index (κ1) is 19.7. The van der Waals surface area contributed by atoms with Crippen molar-refractivity contribution in [1.29, 1.82) is 0 Å². The first-order valence-electron chi connectivity index (χ1n) is 9.85. The largest absolute Gasteiger partial charge is 0.489 e. The third-order valence-corrected chi connectivity index (χ3v) is 5.27. The third kappa shape index (κ3) is 4.06. The molecule has 0 saturated heterocycles. The summed E-state index contributed by atoms with van der Waals surface area (Å²) in [6.45, 7) is 4.76. The van der Waals surface area contributed by atoms with Gasteiger partial charge in [0.2, 0.25) is 0 Å². The highest BCUT2D eigenvalue weighted by Gasteiger charge is 2.30. The molecule has 0 radical (unpaired) electrons. The molecule has 1 amide bonds. The van der Waals surface area contributed by atoms with Gasteiger partial charge in [-0.2, -0.15) is 0 Å². The normalized spacial score (nSPS) is 12.7. The Morgan fingerprint density at radius 1 is 1.03 bits per heavy atom. The van der Waals surface area contributed by atoms with Crippen LogP contribution in [0.2, 0.25) is 0 Å². The number of carboxylic acid groups (broad SMARTS) is 1. The summed E-state index contributed by atoms with van der Waals surface area (Å²) >= 11 is 0. The number of nitrogens with zero attached hydrogens (tertiary/aromatic N) is 1. The van der Waals surface area contributed by atoms with E-state index in [0.717, 1.165) is 27.9 Å². The molecule has 152 valence electrons. The lowest BCUT2D eigenvalue weighted by atomic mass is 10.0. The molecule has 0 unspecified atom stereocenters. The Kier molecular flexibility index (Phi) is 5.27. The second-order valence-electron chi connectivity index (χ2n) is 7.68. The molecule has 0 aromatic heterocycles. The molecule has 30 heavy (non-hydrogen) atoms. The number of hydrogen-bond acceptors (Lipinski definition) is 3. The fraction of sp³-hybridized carbons (Fsp3) is 0.200. The number of aryl methyl sites for hydroxylation is 2. The number of carbonyl (C=O) groups is 2. The molecule has 1 N–H and O–H groups in total. The molecule has 0 saturated carbocycles. The number of hydrogen-bond donors (Lipinski definition) is 1. The molecule has 0 bridgehead atoms. The minimum absolute atomic E-state index is 0.00463. The maximum atomic E-state index is 12.9. The van der Waals surface area contributed by atoms with Crippen molar-refractivity contribution in [1.82, 2.24) is 0 Å². The smallest absolute Gasteiger partial charge is 0.307 e. The number of amides is 1. The second kappa shape index (κ2) is 8.03. The molecule has 1 heterocycles. The van der Waals surface area contributed by atoms with E-state index in [1.54, 1.807) is 11.0 Å². The van der Waals surface area contributed by atoms with Crippen molar-refractivity contribution < 1.29 is 19.4 Å². The number of anilines is 1. The van der Waals surface area contributed by atoms with Gasteiger partial charge in [0, 0.05) is 11.3 Å². The number of carboxylic acids is 1. The highest BCUT2D eigenvalue weighted by Crippen LogP contribution is 2.31. The van der Waals surface area contributed by atoms with E-state index in [2.05, 4.69) is 0 Å². The molecule has 0 fully saturated rings. The number of rotatable bonds is 6. The monoisotopic (exact) mass is 401 g/mol. The minimum Gasteiger partial charge on any atom is -0.489 e. The van der Waals surface area contributed by atoms with Gasteiger partial charge in [-0.1, -0.05) is 35.9 Å². The predicted molar refractivity (Wildman–Crippen MR) is 115 cm³/mol. The van der Waals surface area contributed by atoms with E-state index < -0.39 is 5.97 Å². The van der Waals surface area contributed by atoms with Gasteiger partial charge in [0.15, 0.2) is 0 Å². The van der Waals surface area contributed by atoms with Crippen molar-refractivity contribution in [3.8, 4) is 5.75 Å². The molecule has 0 spiro atoms. The van der Waals surface area contributed by atoms with Gasteiger partial charge >= 0.3 is 5.97 Å². The van der Waals surface area contributed by atoms with Gasteiger partial charge in [0.05, 0.1) is 13.0 Å². The lowest BCUT2D eigenvalue weighted by molar-refractivity contribution is -0.136. The van der Waals surface area contributed by atoms with Crippen LogP contribution < -0.4 is 9.64 Å². The van der Waals surface area contributed by atoms with Crippen LogP contribution in [0, 0.1) is 13.8 Å². The quantitative estimate of drug-likeness (QED) is 0.652. The van der Waals surface area contributed by atoms with Crippen LogP contribution in [-0.2, 0) is 24.4 Å². The molecule has 0 aliphatic carbocycles. The lowest BCUT2D eigenvalue weighted by Gasteiger charge is -2.16. The van der Waals surface area contributed by atoms with Crippen LogP contribution in [0.15, 0.2) is 60.7 Å². The maximum Gasteiger partial charge on any atom is 0.307 e. The molecule has 0 atom stereocenters. The van der Waals surface area contributed by atoms with Gasteiger partial charge in [-0.3, -0.25) is 9.59 Å². The van der Waals surface area contributed by atoms with Crippen LogP contribution >= 0.6 is 0 Å². The number of aliphatic carboxylic acids is 1. The maximum absolute atomic E-state index is 12.9. The molecule has 3 aromatic carbocycles. The van der Waals surface area contributed by atoms with Gasteiger partial charge < -0.3 is 14.7 Å². The summed E-state index contributed by atoms with van der Waals surface area (Å²) in [5.41, 5.74) is 6.31. The molecular weight excluding hydrogens is 378 g/mol. The predicted octanol–water partition coefficient (Wildman–Crippen LogP) is 4.67. The second-order valence-corrected chi connectivity index (χ2v) is 7.68. The highest BCUT2D eigenvalue weighted by atomic mass is 16.5. The Bertz CT molecular complexity index is 1120. The first-order chi connectivity index (χ1) is 14.4. The molecule has 5 heteroatoms. The number of ether oxygens (including phenoxy) is 1. The molecule has 3 aromatic rings. The summed E-state index contributed by atoms with van der Waals surface area (Å²) in [5.74, 6) is -0.249.